The number of pyridine rings is 1. The Morgan fingerprint density at radius 2 is 1.84 bits per heavy atom. The fraction of sp³-hybridized carbons (Fsp3) is 0. The molecule has 2 aromatic heterocycles. The summed E-state index contributed by atoms with van der Waals surface area (Å²) in [5.41, 5.74) is 2.92. The molecule has 0 aliphatic rings. The number of carbonyl (C=O) groups excluding carboxylic acids is 1. The molecule has 25 heavy (non-hydrogen) atoms. The molecule has 0 aliphatic carbocycles. The summed E-state index contributed by atoms with van der Waals surface area (Å²) < 4.78 is 18.7. The van der Waals surface area contributed by atoms with Crippen LogP contribution in [-0.4, -0.2) is 15.9 Å². The Morgan fingerprint density at radius 3 is 2.64 bits per heavy atom. The lowest BCUT2D eigenvalue weighted by molar-refractivity contribution is 0.102. The van der Waals surface area contributed by atoms with Crippen molar-refractivity contribution >= 4 is 22.7 Å². The molecule has 2 aromatic carbocycles. The van der Waals surface area contributed by atoms with E-state index >= 15 is 0 Å². The number of oxazole rings is 1. The van der Waals surface area contributed by atoms with Gasteiger partial charge >= 0.3 is 0 Å². The smallest absolute Gasteiger partial charge is 0.255 e. The predicted octanol–water partition coefficient (Wildman–Crippen LogP) is 4.28. The summed E-state index contributed by atoms with van der Waals surface area (Å²) in [7, 11) is 0. The highest BCUT2D eigenvalue weighted by Crippen LogP contribution is 2.25. The van der Waals surface area contributed by atoms with E-state index in [1.54, 1.807) is 12.3 Å². The van der Waals surface area contributed by atoms with Gasteiger partial charge < -0.3 is 9.73 Å². The lowest BCUT2D eigenvalue weighted by Gasteiger charge is -2.05. The number of nitrogens with one attached hydrogen (secondary N) is 1. The Bertz CT molecular complexity index is 1020. The van der Waals surface area contributed by atoms with Gasteiger partial charge in [0.05, 0.1) is 17.4 Å². The van der Waals surface area contributed by atoms with Gasteiger partial charge in [-0.3, -0.25) is 9.78 Å². The van der Waals surface area contributed by atoms with Gasteiger partial charge in [0.2, 0.25) is 5.89 Å². The SMILES string of the molecule is O=C(Nc1cncc(-c2nc3ccccc3o2)c1)c1ccc(F)cc1. The molecule has 4 rings (SSSR count). The molecule has 0 fully saturated rings. The van der Waals surface area contributed by atoms with Crippen LogP contribution in [0.5, 0.6) is 0 Å². The molecule has 0 bridgehead atoms. The van der Waals surface area contributed by atoms with Crippen molar-refractivity contribution in [3.05, 3.63) is 78.4 Å². The van der Waals surface area contributed by atoms with Crippen LogP contribution in [0, 0.1) is 5.82 Å². The molecule has 0 spiro atoms. The molecule has 4 aromatic rings. The first-order valence-corrected chi connectivity index (χ1v) is 7.57. The maximum Gasteiger partial charge on any atom is 0.255 e. The summed E-state index contributed by atoms with van der Waals surface area (Å²) in [5, 5.41) is 2.73. The number of fused-ring (bicyclic) bond motifs is 1. The zero-order chi connectivity index (χ0) is 17.2. The first-order chi connectivity index (χ1) is 12.2. The molecular weight excluding hydrogens is 321 g/mol. The second kappa shape index (κ2) is 6.16. The van der Waals surface area contributed by atoms with Crippen LogP contribution in [-0.2, 0) is 0 Å². The van der Waals surface area contributed by atoms with E-state index in [1.165, 1.54) is 30.5 Å². The van der Waals surface area contributed by atoms with Gasteiger partial charge in [0.1, 0.15) is 11.3 Å². The zero-order valence-electron chi connectivity index (χ0n) is 12.9. The number of nitrogens with zero attached hydrogens (tertiary/aromatic N) is 2. The van der Waals surface area contributed by atoms with E-state index in [0.717, 1.165) is 5.52 Å². The Hall–Kier alpha value is -3.54. The van der Waals surface area contributed by atoms with Gasteiger partial charge in [0.25, 0.3) is 5.91 Å². The molecule has 6 heteroatoms. The number of hydrogen-bond acceptors (Lipinski definition) is 4. The molecule has 0 unspecified atom stereocenters. The fourth-order valence-corrected chi connectivity index (χ4v) is 2.43. The maximum atomic E-state index is 12.9. The van der Waals surface area contributed by atoms with E-state index in [2.05, 4.69) is 15.3 Å². The van der Waals surface area contributed by atoms with E-state index in [4.69, 9.17) is 4.42 Å². The van der Waals surface area contributed by atoms with Crippen LogP contribution in [0.3, 0.4) is 0 Å². The van der Waals surface area contributed by atoms with Gasteiger partial charge in [0, 0.05) is 11.8 Å². The standard InChI is InChI=1S/C19H12FN3O2/c20-14-7-5-12(6-8-14)18(24)22-15-9-13(10-21-11-15)19-23-16-3-1-2-4-17(16)25-19/h1-11H,(H,22,24). The molecule has 1 amide bonds. The second-order valence-electron chi connectivity index (χ2n) is 5.41. The number of carbonyl (C=O) groups is 1. The van der Waals surface area contributed by atoms with Crippen molar-refractivity contribution in [2.24, 2.45) is 0 Å². The highest BCUT2D eigenvalue weighted by Gasteiger charge is 2.11. The van der Waals surface area contributed by atoms with E-state index in [-0.39, 0.29) is 5.91 Å². The van der Waals surface area contributed by atoms with Gasteiger partial charge in [-0.1, -0.05) is 12.1 Å². The number of halogens is 1. The Balaban J connectivity index is 1.60. The summed E-state index contributed by atoms with van der Waals surface area (Å²) >= 11 is 0. The average molecular weight is 333 g/mol. The summed E-state index contributed by atoms with van der Waals surface area (Å²) in [4.78, 5) is 20.7. The van der Waals surface area contributed by atoms with E-state index in [9.17, 15) is 9.18 Å². The van der Waals surface area contributed by atoms with Crippen molar-refractivity contribution in [1.82, 2.24) is 9.97 Å². The molecule has 0 radical (unpaired) electrons. The summed E-state index contributed by atoms with van der Waals surface area (Å²) in [5.74, 6) is -0.320. The minimum absolute atomic E-state index is 0.350. The number of aromatic nitrogens is 2. The fourth-order valence-electron chi connectivity index (χ4n) is 2.43. The molecule has 0 aliphatic heterocycles. The van der Waals surface area contributed by atoms with Gasteiger partial charge in [-0.05, 0) is 42.5 Å². The monoisotopic (exact) mass is 333 g/mol. The number of para-hydroxylation sites is 2. The van der Waals surface area contributed by atoms with Crippen molar-refractivity contribution in [3.8, 4) is 11.5 Å². The van der Waals surface area contributed by atoms with Crippen LogP contribution in [0.2, 0.25) is 0 Å². The van der Waals surface area contributed by atoms with Crippen molar-refractivity contribution in [1.29, 1.82) is 0 Å². The molecule has 122 valence electrons. The molecular formula is C19H12FN3O2. The average Bonchev–Trinajstić information content (AvgIpc) is 3.07. The summed E-state index contributed by atoms with van der Waals surface area (Å²) in [6.45, 7) is 0. The number of rotatable bonds is 3. The molecule has 0 atom stereocenters. The first-order valence-electron chi connectivity index (χ1n) is 7.57. The summed E-state index contributed by atoms with van der Waals surface area (Å²) in [6.07, 6.45) is 3.13. The van der Waals surface area contributed by atoms with E-state index in [1.807, 2.05) is 24.3 Å². The lowest BCUT2D eigenvalue weighted by Crippen LogP contribution is -2.12. The lowest BCUT2D eigenvalue weighted by atomic mass is 10.2. The van der Waals surface area contributed by atoms with Gasteiger partial charge in [0.15, 0.2) is 5.58 Å². The Labute approximate surface area is 142 Å². The van der Waals surface area contributed by atoms with Gasteiger partial charge in [-0.25, -0.2) is 9.37 Å². The normalized spacial score (nSPS) is 10.8. The zero-order valence-corrected chi connectivity index (χ0v) is 12.9. The highest BCUT2D eigenvalue weighted by atomic mass is 19.1. The summed E-state index contributed by atoms with van der Waals surface area (Å²) in [6, 6.07) is 14.5. The molecule has 5 nitrogen and oxygen atoms in total. The maximum absolute atomic E-state index is 12.9. The van der Waals surface area contributed by atoms with Crippen molar-refractivity contribution < 1.29 is 13.6 Å². The number of amides is 1. The van der Waals surface area contributed by atoms with E-state index < -0.39 is 5.82 Å². The first kappa shape index (κ1) is 15.0. The van der Waals surface area contributed by atoms with Crippen LogP contribution < -0.4 is 5.32 Å². The third kappa shape index (κ3) is 3.10. The molecule has 2 heterocycles. The van der Waals surface area contributed by atoms with Crippen LogP contribution >= 0.6 is 0 Å². The Kier molecular flexibility index (Phi) is 3.70. The van der Waals surface area contributed by atoms with Gasteiger partial charge in [-0.2, -0.15) is 0 Å². The van der Waals surface area contributed by atoms with Crippen LogP contribution in [0.25, 0.3) is 22.6 Å². The highest BCUT2D eigenvalue weighted by molar-refractivity contribution is 6.04. The van der Waals surface area contributed by atoms with Gasteiger partial charge in [-0.15, -0.1) is 0 Å². The third-order valence-electron chi connectivity index (χ3n) is 3.64. The van der Waals surface area contributed by atoms with Crippen molar-refractivity contribution in [2.45, 2.75) is 0 Å². The Morgan fingerprint density at radius 1 is 1.04 bits per heavy atom. The quantitative estimate of drug-likeness (QED) is 0.607. The van der Waals surface area contributed by atoms with Crippen molar-refractivity contribution in [2.75, 3.05) is 5.32 Å². The number of benzene rings is 2. The molecule has 0 saturated heterocycles. The van der Waals surface area contributed by atoms with Crippen molar-refractivity contribution in [3.63, 3.8) is 0 Å². The van der Waals surface area contributed by atoms with E-state index in [0.29, 0.717) is 28.3 Å². The van der Waals surface area contributed by atoms with Crippen LogP contribution in [0.4, 0.5) is 10.1 Å². The largest absolute Gasteiger partial charge is 0.436 e. The minimum Gasteiger partial charge on any atom is -0.436 e. The van der Waals surface area contributed by atoms with Crippen LogP contribution in [0.1, 0.15) is 10.4 Å². The third-order valence-corrected chi connectivity index (χ3v) is 3.64. The molecule has 0 saturated carbocycles. The minimum atomic E-state index is -0.392. The number of hydrogen-bond donors (Lipinski definition) is 1. The molecule has 1 N–H and O–H groups in total. The predicted molar refractivity (Wildman–Crippen MR) is 91.6 cm³/mol. The van der Waals surface area contributed by atoms with Crippen LogP contribution in [0.15, 0.2) is 71.4 Å². The number of anilines is 1. The topological polar surface area (TPSA) is 68.0 Å². The second-order valence-corrected chi connectivity index (χ2v) is 5.41.